The molecule has 2 saturated carbocycles. The molecule has 1 aromatic carbocycles. The number of nitrogens with two attached hydrogens (primary N) is 1. The Bertz CT molecular complexity index is 604. The normalized spacial score (nSPS) is 31.7. The van der Waals surface area contributed by atoms with E-state index in [2.05, 4.69) is 11.4 Å². The molecule has 4 rings (SSSR count). The maximum atomic E-state index is 12.5. The Morgan fingerprint density at radius 2 is 2.04 bits per heavy atom. The summed E-state index contributed by atoms with van der Waals surface area (Å²) in [6, 6.07) is 6.32. The van der Waals surface area contributed by atoms with Gasteiger partial charge in [0.15, 0.2) is 11.5 Å². The Morgan fingerprint density at radius 1 is 1.22 bits per heavy atom. The Labute approximate surface area is 136 Å². The Kier molecular flexibility index (Phi) is 3.89. The lowest BCUT2D eigenvalue weighted by Gasteiger charge is -2.20. The van der Waals surface area contributed by atoms with Crippen molar-refractivity contribution in [1.82, 2.24) is 5.32 Å². The number of amides is 1. The van der Waals surface area contributed by atoms with Crippen molar-refractivity contribution in [3.8, 4) is 11.5 Å². The van der Waals surface area contributed by atoms with E-state index in [0.29, 0.717) is 31.6 Å². The number of carbonyl (C=O) groups excluding carboxylic acids is 1. The molecular weight excluding hydrogens is 292 g/mol. The molecule has 3 aliphatic rings. The first-order valence-corrected chi connectivity index (χ1v) is 8.66. The minimum Gasteiger partial charge on any atom is -0.486 e. The van der Waals surface area contributed by atoms with E-state index in [0.717, 1.165) is 30.8 Å². The number of hydrogen-bond acceptors (Lipinski definition) is 4. The van der Waals surface area contributed by atoms with E-state index in [9.17, 15) is 4.79 Å². The lowest BCUT2D eigenvalue weighted by atomic mass is 10.0. The molecule has 5 nitrogen and oxygen atoms in total. The second-order valence-corrected chi connectivity index (χ2v) is 6.89. The molecule has 4 unspecified atom stereocenters. The molecular formula is C18H24N2O3. The van der Waals surface area contributed by atoms with E-state index >= 15 is 0 Å². The van der Waals surface area contributed by atoms with Gasteiger partial charge < -0.3 is 20.5 Å². The minimum absolute atomic E-state index is 0.0941. The van der Waals surface area contributed by atoms with Crippen molar-refractivity contribution in [1.29, 1.82) is 0 Å². The van der Waals surface area contributed by atoms with Crippen molar-refractivity contribution in [2.45, 2.75) is 37.6 Å². The lowest BCUT2D eigenvalue weighted by Crippen LogP contribution is -2.40. The van der Waals surface area contributed by atoms with Gasteiger partial charge in [-0.25, -0.2) is 0 Å². The van der Waals surface area contributed by atoms with Crippen molar-refractivity contribution in [3.05, 3.63) is 23.8 Å². The van der Waals surface area contributed by atoms with E-state index in [1.54, 1.807) is 0 Å². The van der Waals surface area contributed by atoms with Crippen LogP contribution in [0.1, 0.15) is 37.2 Å². The van der Waals surface area contributed by atoms with Crippen molar-refractivity contribution in [2.24, 2.45) is 17.6 Å². The molecule has 0 aromatic heterocycles. The summed E-state index contributed by atoms with van der Waals surface area (Å²) >= 11 is 0. The summed E-state index contributed by atoms with van der Waals surface area (Å²) in [5, 5.41) is 3.23. The third-order valence-corrected chi connectivity index (χ3v) is 5.41. The lowest BCUT2D eigenvalue weighted by molar-refractivity contribution is -0.123. The van der Waals surface area contributed by atoms with Crippen molar-refractivity contribution >= 4 is 5.91 Å². The second kappa shape index (κ2) is 6.04. The zero-order valence-corrected chi connectivity index (χ0v) is 13.3. The van der Waals surface area contributed by atoms with Crippen molar-refractivity contribution in [3.63, 3.8) is 0 Å². The number of nitrogens with one attached hydrogen (secondary N) is 1. The van der Waals surface area contributed by atoms with E-state index in [1.165, 1.54) is 12.0 Å². The zero-order valence-electron chi connectivity index (χ0n) is 13.3. The molecule has 1 heterocycles. The fourth-order valence-electron chi connectivity index (χ4n) is 3.94. The number of carbonyl (C=O) groups is 1. The van der Waals surface area contributed by atoms with Gasteiger partial charge in [-0.15, -0.1) is 0 Å². The van der Waals surface area contributed by atoms with E-state index < -0.39 is 0 Å². The zero-order chi connectivity index (χ0) is 15.8. The molecule has 5 heteroatoms. The molecule has 23 heavy (non-hydrogen) atoms. The van der Waals surface area contributed by atoms with Crippen LogP contribution in [0.25, 0.3) is 0 Å². The third-order valence-electron chi connectivity index (χ3n) is 5.41. The van der Waals surface area contributed by atoms with Gasteiger partial charge in [0.1, 0.15) is 13.2 Å². The van der Waals surface area contributed by atoms with Gasteiger partial charge in [-0.2, -0.15) is 0 Å². The summed E-state index contributed by atoms with van der Waals surface area (Å²) in [5.41, 5.74) is 6.97. The number of fused-ring (bicyclic) bond motifs is 1. The molecule has 4 atom stereocenters. The first-order chi connectivity index (χ1) is 11.3. The summed E-state index contributed by atoms with van der Waals surface area (Å²) in [6.45, 7) is 1.86. The number of benzene rings is 1. The van der Waals surface area contributed by atoms with Crippen LogP contribution in [0, 0.1) is 11.8 Å². The highest BCUT2D eigenvalue weighted by Crippen LogP contribution is 2.49. The maximum Gasteiger partial charge on any atom is 0.223 e. The minimum atomic E-state index is 0.0941. The molecule has 2 fully saturated rings. The van der Waals surface area contributed by atoms with Crippen molar-refractivity contribution in [2.75, 3.05) is 19.8 Å². The first kappa shape index (κ1) is 14.8. The van der Waals surface area contributed by atoms with Gasteiger partial charge in [0, 0.05) is 12.0 Å². The van der Waals surface area contributed by atoms with Crippen LogP contribution >= 0.6 is 0 Å². The fourth-order valence-corrected chi connectivity index (χ4v) is 3.94. The summed E-state index contributed by atoms with van der Waals surface area (Å²) in [4.78, 5) is 12.5. The van der Waals surface area contributed by atoms with Crippen molar-refractivity contribution < 1.29 is 14.3 Å². The van der Waals surface area contributed by atoms with E-state index in [-0.39, 0.29) is 17.9 Å². The maximum absolute atomic E-state index is 12.5. The summed E-state index contributed by atoms with van der Waals surface area (Å²) in [6.07, 6.45) is 4.29. The largest absolute Gasteiger partial charge is 0.486 e. The molecule has 124 valence electrons. The molecule has 1 aromatic rings. The SMILES string of the molecule is NCC1CCCC1NC(=O)C1CC1c1ccc2c(c1)OCCO2. The van der Waals surface area contributed by atoms with Crippen LogP contribution in [0.2, 0.25) is 0 Å². The molecule has 2 aliphatic carbocycles. The third kappa shape index (κ3) is 2.90. The summed E-state index contributed by atoms with van der Waals surface area (Å²) in [7, 11) is 0. The molecule has 1 amide bonds. The Morgan fingerprint density at radius 3 is 2.87 bits per heavy atom. The Hall–Kier alpha value is -1.75. The van der Waals surface area contributed by atoms with E-state index in [4.69, 9.17) is 15.2 Å². The number of hydrogen-bond donors (Lipinski definition) is 2. The van der Waals surface area contributed by atoms with Gasteiger partial charge in [0.2, 0.25) is 5.91 Å². The second-order valence-electron chi connectivity index (χ2n) is 6.89. The van der Waals surface area contributed by atoms with Crippen LogP contribution in [-0.2, 0) is 4.79 Å². The van der Waals surface area contributed by atoms with Crippen LogP contribution in [0.3, 0.4) is 0 Å². The molecule has 0 bridgehead atoms. The monoisotopic (exact) mass is 316 g/mol. The van der Waals surface area contributed by atoms with Gasteiger partial charge in [-0.3, -0.25) is 4.79 Å². The van der Waals surface area contributed by atoms with Crippen LogP contribution in [0.4, 0.5) is 0 Å². The summed E-state index contributed by atoms with van der Waals surface area (Å²) < 4.78 is 11.2. The first-order valence-electron chi connectivity index (χ1n) is 8.66. The standard InChI is InChI=1S/C18H24N2O3/c19-10-12-2-1-3-15(12)20-18(21)14-9-13(14)11-4-5-16-17(8-11)23-7-6-22-16/h4-5,8,12-15H,1-3,6-7,9-10,19H2,(H,20,21). The van der Waals surface area contributed by atoms with Gasteiger partial charge in [-0.1, -0.05) is 12.5 Å². The highest BCUT2D eigenvalue weighted by Gasteiger charge is 2.45. The molecule has 0 radical (unpaired) electrons. The molecule has 0 spiro atoms. The average Bonchev–Trinajstić information content (AvgIpc) is 3.27. The number of rotatable bonds is 4. The average molecular weight is 316 g/mol. The van der Waals surface area contributed by atoms with E-state index in [1.807, 2.05) is 12.1 Å². The molecule has 3 N–H and O–H groups in total. The van der Waals surface area contributed by atoms with Crippen LogP contribution in [0.5, 0.6) is 11.5 Å². The Balaban J connectivity index is 1.38. The highest BCUT2D eigenvalue weighted by molar-refractivity contribution is 5.83. The predicted octanol–water partition coefficient (Wildman–Crippen LogP) is 1.80. The smallest absolute Gasteiger partial charge is 0.223 e. The predicted molar refractivity (Wildman–Crippen MR) is 86.6 cm³/mol. The fraction of sp³-hybridized carbons (Fsp3) is 0.611. The quantitative estimate of drug-likeness (QED) is 0.888. The molecule has 0 saturated heterocycles. The van der Waals surface area contributed by atoms with Gasteiger partial charge in [0.05, 0.1) is 0 Å². The number of ether oxygens (including phenoxy) is 2. The van der Waals surface area contributed by atoms with Gasteiger partial charge >= 0.3 is 0 Å². The topological polar surface area (TPSA) is 73.6 Å². The molecule has 1 aliphatic heterocycles. The van der Waals surface area contributed by atoms with Crippen LogP contribution in [-0.4, -0.2) is 31.7 Å². The van der Waals surface area contributed by atoms with Crippen LogP contribution in [0.15, 0.2) is 18.2 Å². The van der Waals surface area contributed by atoms with Crippen LogP contribution < -0.4 is 20.5 Å². The summed E-state index contributed by atoms with van der Waals surface area (Å²) in [5.74, 6) is 2.65. The van der Waals surface area contributed by atoms with Gasteiger partial charge in [0.25, 0.3) is 0 Å². The van der Waals surface area contributed by atoms with Gasteiger partial charge in [-0.05, 0) is 55.3 Å². The highest BCUT2D eigenvalue weighted by atomic mass is 16.6.